The van der Waals surface area contributed by atoms with Crippen LogP contribution in [0.25, 0.3) is 0 Å². The summed E-state index contributed by atoms with van der Waals surface area (Å²) in [7, 11) is -7.08. The van der Waals surface area contributed by atoms with Crippen molar-refractivity contribution in [3.8, 4) is 0 Å². The van der Waals surface area contributed by atoms with Crippen LogP contribution in [0.4, 0.5) is 0 Å². The van der Waals surface area contributed by atoms with Gasteiger partial charge in [-0.15, -0.1) is 0 Å². The van der Waals surface area contributed by atoms with Gasteiger partial charge in [0.05, 0.1) is 22.9 Å². The molecule has 29 heavy (non-hydrogen) atoms. The first-order valence-electron chi connectivity index (χ1n) is 9.52. The van der Waals surface area contributed by atoms with Gasteiger partial charge in [-0.3, -0.25) is 9.59 Å². The zero-order valence-corrected chi connectivity index (χ0v) is 17.8. The van der Waals surface area contributed by atoms with Crippen LogP contribution in [0, 0.1) is 0 Å². The van der Waals surface area contributed by atoms with E-state index in [1.165, 1.54) is 29.2 Å². The van der Waals surface area contributed by atoms with Gasteiger partial charge in [0.2, 0.25) is 15.9 Å². The average Bonchev–Trinajstić information content (AvgIpc) is 3.05. The molecular weight excluding hydrogens is 418 g/mol. The number of sulfonamides is 1. The van der Waals surface area contributed by atoms with E-state index in [0.29, 0.717) is 19.4 Å². The van der Waals surface area contributed by atoms with Gasteiger partial charge in [-0.1, -0.05) is 13.0 Å². The summed E-state index contributed by atoms with van der Waals surface area (Å²) in [6.07, 6.45) is 1.04. The third-order valence-corrected chi connectivity index (χ3v) is 8.69. The number of hydrogen-bond acceptors (Lipinski definition) is 6. The maximum Gasteiger partial charge on any atom is 0.254 e. The second-order valence-corrected chi connectivity index (χ2v) is 11.4. The fraction of sp³-hybridized carbons (Fsp3) is 0.556. The van der Waals surface area contributed by atoms with Crippen molar-refractivity contribution in [2.24, 2.45) is 0 Å². The summed E-state index contributed by atoms with van der Waals surface area (Å²) >= 11 is 0. The van der Waals surface area contributed by atoms with Crippen LogP contribution in [-0.4, -0.2) is 81.6 Å². The summed E-state index contributed by atoms with van der Waals surface area (Å²) in [5, 5.41) is 2.58. The summed E-state index contributed by atoms with van der Waals surface area (Å²) in [5.74, 6) is -0.776. The molecule has 2 heterocycles. The zero-order valence-electron chi connectivity index (χ0n) is 16.2. The Morgan fingerprint density at radius 1 is 1.34 bits per heavy atom. The van der Waals surface area contributed by atoms with Crippen LogP contribution in [0.15, 0.2) is 29.2 Å². The van der Waals surface area contributed by atoms with E-state index in [4.69, 9.17) is 0 Å². The molecule has 2 fully saturated rings. The molecule has 160 valence electrons. The molecule has 0 bridgehead atoms. The maximum absolute atomic E-state index is 13.1. The fourth-order valence-electron chi connectivity index (χ4n) is 3.64. The molecule has 9 nitrogen and oxygen atoms in total. The van der Waals surface area contributed by atoms with Gasteiger partial charge in [0.25, 0.3) is 5.91 Å². The Morgan fingerprint density at radius 2 is 2.10 bits per heavy atom. The number of amides is 2. The Kier molecular flexibility index (Phi) is 6.30. The molecule has 1 aromatic rings. The summed E-state index contributed by atoms with van der Waals surface area (Å²) in [5.41, 5.74) is 0.185. The molecule has 1 aromatic carbocycles. The number of benzene rings is 1. The minimum absolute atomic E-state index is 0.0522. The highest BCUT2D eigenvalue weighted by Crippen LogP contribution is 2.23. The van der Waals surface area contributed by atoms with E-state index in [0.717, 1.165) is 4.31 Å². The van der Waals surface area contributed by atoms with Gasteiger partial charge in [-0.25, -0.2) is 16.8 Å². The van der Waals surface area contributed by atoms with Crippen LogP contribution < -0.4 is 5.32 Å². The molecule has 0 spiro atoms. The van der Waals surface area contributed by atoms with Crippen molar-refractivity contribution in [2.75, 3.05) is 37.7 Å². The lowest BCUT2D eigenvalue weighted by Crippen LogP contribution is -2.49. The van der Waals surface area contributed by atoms with E-state index in [1.807, 2.05) is 6.92 Å². The number of rotatable bonds is 6. The van der Waals surface area contributed by atoms with Gasteiger partial charge in [0.15, 0.2) is 9.84 Å². The Hall–Kier alpha value is -1.98. The van der Waals surface area contributed by atoms with Crippen LogP contribution >= 0.6 is 0 Å². The van der Waals surface area contributed by atoms with E-state index in [9.17, 15) is 26.4 Å². The number of nitrogens with one attached hydrogen (secondary N) is 1. The molecule has 2 amide bonds. The lowest BCUT2D eigenvalue weighted by molar-refractivity contribution is -0.122. The summed E-state index contributed by atoms with van der Waals surface area (Å²) < 4.78 is 50.5. The Bertz CT molecular complexity index is 1010. The maximum atomic E-state index is 13.1. The molecule has 0 aliphatic carbocycles. The highest BCUT2D eigenvalue weighted by atomic mass is 32.2. The van der Waals surface area contributed by atoms with E-state index in [1.54, 1.807) is 0 Å². The average molecular weight is 444 g/mol. The van der Waals surface area contributed by atoms with Crippen molar-refractivity contribution in [3.63, 3.8) is 0 Å². The lowest BCUT2D eigenvalue weighted by atomic mass is 10.1. The molecule has 2 aliphatic heterocycles. The minimum Gasteiger partial charge on any atom is -0.354 e. The second kappa shape index (κ2) is 8.41. The molecular formula is C18H25N3O6S2. The Balaban J connectivity index is 1.87. The molecule has 3 rings (SSSR count). The minimum atomic E-state index is -3.92. The lowest BCUT2D eigenvalue weighted by Gasteiger charge is -2.28. The number of hydrogen-bond donors (Lipinski definition) is 1. The predicted octanol–water partition coefficient (Wildman–Crippen LogP) is -0.154. The molecule has 1 atom stereocenters. The third kappa shape index (κ3) is 4.78. The Morgan fingerprint density at radius 3 is 2.72 bits per heavy atom. The zero-order chi connectivity index (χ0) is 21.2. The van der Waals surface area contributed by atoms with Gasteiger partial charge < -0.3 is 10.2 Å². The van der Waals surface area contributed by atoms with Gasteiger partial charge >= 0.3 is 0 Å². The van der Waals surface area contributed by atoms with Crippen LogP contribution in [0.3, 0.4) is 0 Å². The molecule has 0 aromatic heterocycles. The topological polar surface area (TPSA) is 121 Å². The summed E-state index contributed by atoms with van der Waals surface area (Å²) in [6.45, 7) is 2.42. The van der Waals surface area contributed by atoms with Crippen LogP contribution in [-0.2, 0) is 24.7 Å². The number of sulfone groups is 1. The van der Waals surface area contributed by atoms with Gasteiger partial charge in [-0.05, 0) is 31.0 Å². The molecule has 1 N–H and O–H groups in total. The SMILES string of the molecule is CCCN(C(=O)c1cccc(S(=O)(=O)N2CCNC(=O)C2)c1)C1CCS(=O)(=O)C1. The molecule has 2 saturated heterocycles. The van der Waals surface area contributed by atoms with Gasteiger partial charge in [-0.2, -0.15) is 4.31 Å². The van der Waals surface area contributed by atoms with E-state index in [-0.39, 0.29) is 53.4 Å². The smallest absolute Gasteiger partial charge is 0.254 e. The van der Waals surface area contributed by atoms with Crippen molar-refractivity contribution in [1.29, 1.82) is 0 Å². The van der Waals surface area contributed by atoms with Crippen molar-refractivity contribution in [1.82, 2.24) is 14.5 Å². The molecule has 2 aliphatic rings. The number of nitrogens with zero attached hydrogens (tertiary/aromatic N) is 2. The number of carbonyl (C=O) groups excluding carboxylic acids is 2. The van der Waals surface area contributed by atoms with E-state index >= 15 is 0 Å². The third-order valence-electron chi connectivity index (χ3n) is 5.10. The molecule has 0 radical (unpaired) electrons. The second-order valence-electron chi connectivity index (χ2n) is 7.27. The highest BCUT2D eigenvalue weighted by molar-refractivity contribution is 7.91. The van der Waals surface area contributed by atoms with Crippen molar-refractivity contribution >= 4 is 31.7 Å². The number of piperazine rings is 1. The summed E-state index contributed by atoms with van der Waals surface area (Å²) in [4.78, 5) is 26.1. The van der Waals surface area contributed by atoms with E-state index < -0.39 is 25.9 Å². The Labute approximate surface area is 171 Å². The van der Waals surface area contributed by atoms with Crippen LogP contribution in [0.2, 0.25) is 0 Å². The van der Waals surface area contributed by atoms with Crippen molar-refractivity contribution in [2.45, 2.75) is 30.7 Å². The number of carbonyl (C=O) groups is 2. The standard InChI is InChI=1S/C18H25N3O6S2/c1-2-8-21(15-6-10-28(24,25)13-15)18(23)14-4-3-5-16(11-14)29(26,27)20-9-7-19-17(22)12-20/h3-5,11,15H,2,6-10,12-13H2,1H3,(H,19,22). The molecule has 0 saturated carbocycles. The predicted molar refractivity (Wildman–Crippen MR) is 107 cm³/mol. The largest absolute Gasteiger partial charge is 0.354 e. The first kappa shape index (κ1) is 21.7. The van der Waals surface area contributed by atoms with Gasteiger partial charge in [0, 0.05) is 31.2 Å². The van der Waals surface area contributed by atoms with Crippen LogP contribution in [0.5, 0.6) is 0 Å². The highest BCUT2D eigenvalue weighted by Gasteiger charge is 2.35. The van der Waals surface area contributed by atoms with Crippen LogP contribution in [0.1, 0.15) is 30.1 Å². The monoisotopic (exact) mass is 443 g/mol. The van der Waals surface area contributed by atoms with E-state index in [2.05, 4.69) is 5.32 Å². The fourth-order valence-corrected chi connectivity index (χ4v) is 6.81. The quantitative estimate of drug-likeness (QED) is 0.653. The summed E-state index contributed by atoms with van der Waals surface area (Å²) in [6, 6.07) is 5.30. The van der Waals surface area contributed by atoms with Gasteiger partial charge in [0.1, 0.15) is 0 Å². The molecule has 1 unspecified atom stereocenters. The first-order chi connectivity index (χ1) is 13.6. The normalized spacial score (nSPS) is 22.2. The molecule has 11 heteroatoms. The first-order valence-corrected chi connectivity index (χ1v) is 12.8. The van der Waals surface area contributed by atoms with Crippen molar-refractivity contribution < 1.29 is 26.4 Å². The van der Waals surface area contributed by atoms with Crippen molar-refractivity contribution in [3.05, 3.63) is 29.8 Å².